The van der Waals surface area contributed by atoms with Gasteiger partial charge in [-0.25, -0.2) is 19.6 Å². The smallest absolute Gasteiger partial charge is 0.407 e. The van der Waals surface area contributed by atoms with Gasteiger partial charge in [-0.3, -0.25) is 14.4 Å². The maximum Gasteiger partial charge on any atom is 0.407 e. The molecule has 0 aliphatic carbocycles. The molecule has 0 unspecified atom stereocenters. The maximum atomic E-state index is 12.5. The molecule has 4 aromatic heterocycles. The number of H-pyrrole nitrogens is 1. The van der Waals surface area contributed by atoms with Gasteiger partial charge in [0.2, 0.25) is 0 Å². The quantitative estimate of drug-likeness (QED) is 0.207. The fourth-order valence-electron chi connectivity index (χ4n) is 4.44. The lowest BCUT2D eigenvalue weighted by atomic mass is 10.0. The van der Waals surface area contributed by atoms with E-state index in [4.69, 9.17) is 9.47 Å². The molecule has 4 heterocycles. The van der Waals surface area contributed by atoms with Crippen molar-refractivity contribution in [1.82, 2.24) is 39.2 Å². The summed E-state index contributed by atoms with van der Waals surface area (Å²) in [6, 6.07) is 1.21. The molecule has 4 aromatic rings. The van der Waals surface area contributed by atoms with E-state index in [1.165, 1.54) is 18.6 Å². The van der Waals surface area contributed by atoms with Crippen molar-refractivity contribution < 1.29 is 19.1 Å². The van der Waals surface area contributed by atoms with E-state index < -0.39 is 23.6 Å². The number of fused-ring (bicyclic) bond motifs is 1. The van der Waals surface area contributed by atoms with Crippen LogP contribution in [-0.4, -0.2) is 77.7 Å². The lowest BCUT2D eigenvalue weighted by molar-refractivity contribution is -0.144. The number of carbonyl (C=O) groups is 2. The number of anilines is 2. The Morgan fingerprint density at radius 1 is 1.27 bits per heavy atom. The SMILES string of the molecule is CCN(Cc1cc(Nc2nc(C)cn3c(-c4cn[nH]c4)cnc23)sn1)C(C)(C)COC(=O)N[C@H](C(=O)OC)C(C)C. The molecule has 1 atom stereocenters. The number of likely N-dealkylation sites (N-methyl/N-ethyl adjacent to an activating group) is 1. The summed E-state index contributed by atoms with van der Waals surface area (Å²) in [6.45, 7) is 13.0. The van der Waals surface area contributed by atoms with Crippen LogP contribution in [-0.2, 0) is 20.8 Å². The van der Waals surface area contributed by atoms with Crippen LogP contribution in [0.15, 0.2) is 30.9 Å². The lowest BCUT2D eigenvalue weighted by Crippen LogP contribution is -2.50. The van der Waals surface area contributed by atoms with Crippen molar-refractivity contribution in [3.05, 3.63) is 42.2 Å². The van der Waals surface area contributed by atoms with E-state index >= 15 is 0 Å². The van der Waals surface area contributed by atoms with Crippen molar-refractivity contribution in [3.63, 3.8) is 0 Å². The zero-order valence-electron chi connectivity index (χ0n) is 24.4. The van der Waals surface area contributed by atoms with E-state index in [1.807, 2.05) is 64.4 Å². The first kappa shape index (κ1) is 29.9. The minimum atomic E-state index is -0.776. The highest BCUT2D eigenvalue weighted by atomic mass is 32.1. The minimum Gasteiger partial charge on any atom is -0.467 e. The van der Waals surface area contributed by atoms with Gasteiger partial charge in [0, 0.05) is 30.0 Å². The summed E-state index contributed by atoms with van der Waals surface area (Å²) in [5, 5.41) is 13.7. The van der Waals surface area contributed by atoms with Gasteiger partial charge < -0.3 is 20.1 Å². The van der Waals surface area contributed by atoms with Gasteiger partial charge >= 0.3 is 12.1 Å². The highest BCUT2D eigenvalue weighted by Gasteiger charge is 2.30. The Kier molecular flexibility index (Phi) is 9.23. The number of hydrogen-bond donors (Lipinski definition) is 3. The second kappa shape index (κ2) is 12.6. The third kappa shape index (κ3) is 7.00. The first-order valence-corrected chi connectivity index (χ1v) is 14.1. The van der Waals surface area contributed by atoms with E-state index in [-0.39, 0.29) is 12.5 Å². The number of imidazole rings is 1. The third-order valence-electron chi connectivity index (χ3n) is 6.75. The van der Waals surface area contributed by atoms with Crippen LogP contribution in [0.25, 0.3) is 16.9 Å². The number of nitrogens with one attached hydrogen (secondary N) is 3. The molecule has 0 saturated carbocycles. The summed E-state index contributed by atoms with van der Waals surface area (Å²) in [7, 11) is 1.29. The van der Waals surface area contributed by atoms with E-state index in [2.05, 4.69) is 40.1 Å². The third-order valence-corrected chi connectivity index (χ3v) is 7.49. The maximum absolute atomic E-state index is 12.5. The van der Waals surface area contributed by atoms with Gasteiger partial charge in [-0.2, -0.15) is 9.47 Å². The molecule has 3 N–H and O–H groups in total. The van der Waals surface area contributed by atoms with E-state index in [1.54, 1.807) is 12.4 Å². The number of amides is 1. The van der Waals surface area contributed by atoms with Crippen molar-refractivity contribution in [2.75, 3.05) is 25.6 Å². The predicted octanol–water partition coefficient (Wildman–Crippen LogP) is 4.15. The normalized spacial score (nSPS) is 12.6. The summed E-state index contributed by atoms with van der Waals surface area (Å²) >= 11 is 1.34. The number of rotatable bonds is 12. The summed E-state index contributed by atoms with van der Waals surface area (Å²) in [6.07, 6.45) is 6.66. The highest BCUT2D eigenvalue weighted by molar-refractivity contribution is 7.10. The molecule has 0 bridgehead atoms. The van der Waals surface area contributed by atoms with Crippen molar-refractivity contribution in [2.45, 2.75) is 59.7 Å². The van der Waals surface area contributed by atoms with Crippen LogP contribution in [0.1, 0.15) is 46.0 Å². The molecule has 0 aliphatic rings. The Morgan fingerprint density at radius 3 is 2.71 bits per heavy atom. The second-order valence-electron chi connectivity index (χ2n) is 10.7. The summed E-state index contributed by atoms with van der Waals surface area (Å²) in [4.78, 5) is 35.9. The summed E-state index contributed by atoms with van der Waals surface area (Å²) in [5.74, 6) is -0.0125. The van der Waals surface area contributed by atoms with Crippen LogP contribution < -0.4 is 10.6 Å². The number of carbonyl (C=O) groups excluding carboxylic acids is 2. The van der Waals surface area contributed by atoms with E-state index in [9.17, 15) is 9.59 Å². The average molecular weight is 584 g/mol. The zero-order chi connectivity index (χ0) is 29.7. The van der Waals surface area contributed by atoms with Crippen LogP contribution in [0.5, 0.6) is 0 Å². The second-order valence-corrected chi connectivity index (χ2v) is 11.5. The van der Waals surface area contributed by atoms with Crippen LogP contribution in [0.3, 0.4) is 0 Å². The molecule has 14 heteroatoms. The molecular formula is C27H37N9O4S. The summed E-state index contributed by atoms with van der Waals surface area (Å²) < 4.78 is 16.9. The van der Waals surface area contributed by atoms with Gasteiger partial charge in [0.1, 0.15) is 17.6 Å². The van der Waals surface area contributed by atoms with Gasteiger partial charge in [0.15, 0.2) is 11.5 Å². The molecule has 0 fully saturated rings. The first-order valence-electron chi connectivity index (χ1n) is 13.3. The Hall–Kier alpha value is -4.04. The number of methoxy groups -OCH3 is 1. The van der Waals surface area contributed by atoms with Crippen molar-refractivity contribution in [2.24, 2.45) is 5.92 Å². The predicted molar refractivity (Wildman–Crippen MR) is 156 cm³/mol. The lowest BCUT2D eigenvalue weighted by Gasteiger charge is -2.37. The molecule has 0 spiro atoms. The molecule has 13 nitrogen and oxygen atoms in total. The van der Waals surface area contributed by atoms with Crippen LogP contribution >= 0.6 is 11.5 Å². The topological polar surface area (TPSA) is 152 Å². The molecule has 1 amide bonds. The number of aromatic amines is 1. The number of esters is 1. The first-order chi connectivity index (χ1) is 19.5. The molecule has 4 rings (SSSR count). The molecule has 0 aliphatic heterocycles. The fourth-order valence-corrected chi connectivity index (χ4v) is 5.09. The number of hydrogen-bond acceptors (Lipinski definition) is 11. The number of nitrogens with zero attached hydrogens (tertiary/aromatic N) is 6. The molecule has 0 radical (unpaired) electrons. The average Bonchev–Trinajstić information content (AvgIpc) is 3.70. The molecule has 220 valence electrons. The number of ether oxygens (including phenoxy) is 2. The largest absolute Gasteiger partial charge is 0.467 e. The monoisotopic (exact) mass is 583 g/mol. The zero-order valence-corrected chi connectivity index (χ0v) is 25.2. The highest BCUT2D eigenvalue weighted by Crippen LogP contribution is 2.28. The number of aryl methyl sites for hydroxylation is 1. The molecule has 41 heavy (non-hydrogen) atoms. The fraction of sp³-hybridized carbons (Fsp3) is 0.481. The minimum absolute atomic E-state index is 0.123. The molecule has 0 saturated heterocycles. The summed E-state index contributed by atoms with van der Waals surface area (Å²) in [5.41, 5.74) is 3.75. The van der Waals surface area contributed by atoms with Gasteiger partial charge in [0.05, 0.1) is 36.6 Å². The van der Waals surface area contributed by atoms with Gasteiger partial charge in [-0.05, 0) is 50.8 Å². The van der Waals surface area contributed by atoms with Gasteiger partial charge in [-0.1, -0.05) is 20.8 Å². The van der Waals surface area contributed by atoms with Gasteiger partial charge in [-0.15, -0.1) is 0 Å². The van der Waals surface area contributed by atoms with Gasteiger partial charge in [0.25, 0.3) is 0 Å². The van der Waals surface area contributed by atoms with Crippen LogP contribution in [0.2, 0.25) is 0 Å². The van der Waals surface area contributed by atoms with Crippen LogP contribution in [0.4, 0.5) is 15.6 Å². The molecular weight excluding hydrogens is 546 g/mol. The molecule has 0 aromatic carbocycles. The Balaban J connectivity index is 1.41. The van der Waals surface area contributed by atoms with Crippen molar-refractivity contribution >= 4 is 40.1 Å². The standard InChI is InChI=1S/C27H37N9O4S/c1-8-35(27(5,6)15-40-26(38)33-22(16(2)3)25(37)39-7)14-19-9-21(41-34-19)32-23-24-28-12-20(18-10-29-30-11-18)36(24)13-17(4)31-23/h9-13,16,22H,8,14-15H2,1-7H3,(H,29,30)(H,31,32)(H,33,38)/t22-/m0/s1. The Labute approximate surface area is 242 Å². The van der Waals surface area contributed by atoms with Crippen molar-refractivity contribution in [1.29, 1.82) is 0 Å². The Bertz CT molecular complexity index is 1480. The Morgan fingerprint density at radius 2 is 2.05 bits per heavy atom. The number of aromatic nitrogens is 6. The van der Waals surface area contributed by atoms with Crippen molar-refractivity contribution in [3.8, 4) is 11.3 Å². The van der Waals surface area contributed by atoms with E-state index in [0.29, 0.717) is 24.6 Å². The van der Waals surface area contributed by atoms with E-state index in [0.717, 1.165) is 27.6 Å². The van der Waals surface area contributed by atoms with Crippen LogP contribution in [0, 0.1) is 12.8 Å². The number of alkyl carbamates (subject to hydrolysis) is 1.